The van der Waals surface area contributed by atoms with Crippen LogP contribution in [0.2, 0.25) is 0 Å². The number of benzene rings is 2. The SMILES string of the molecule is CCC1c2cnc3c(cc(C#N)c4ccccc43)c2C(C)(C)C1(C)C. The van der Waals surface area contributed by atoms with Crippen LogP contribution in [0.3, 0.4) is 0 Å². The summed E-state index contributed by atoms with van der Waals surface area (Å²) in [6.07, 6.45) is 3.20. The molecule has 1 aromatic heterocycles. The summed E-state index contributed by atoms with van der Waals surface area (Å²) >= 11 is 0. The molecule has 4 rings (SSSR count). The van der Waals surface area contributed by atoms with Crippen LogP contribution >= 0.6 is 0 Å². The van der Waals surface area contributed by atoms with Crippen molar-refractivity contribution in [3.63, 3.8) is 0 Å². The molecule has 126 valence electrons. The van der Waals surface area contributed by atoms with Gasteiger partial charge in [-0.1, -0.05) is 58.9 Å². The topological polar surface area (TPSA) is 36.7 Å². The van der Waals surface area contributed by atoms with Gasteiger partial charge in [-0.25, -0.2) is 0 Å². The zero-order chi connectivity index (χ0) is 18.0. The second-order valence-corrected chi connectivity index (χ2v) is 8.37. The Bertz CT molecular complexity index is 1050. The lowest BCUT2D eigenvalue weighted by atomic mass is 9.64. The Morgan fingerprint density at radius 2 is 1.76 bits per heavy atom. The van der Waals surface area contributed by atoms with Crippen LogP contribution in [0, 0.1) is 16.7 Å². The monoisotopic (exact) mass is 328 g/mol. The number of rotatable bonds is 1. The molecule has 3 aromatic rings. The highest BCUT2D eigenvalue weighted by Crippen LogP contribution is 2.61. The second kappa shape index (κ2) is 5.05. The summed E-state index contributed by atoms with van der Waals surface area (Å²) in [5.74, 6) is 0.492. The molecule has 2 nitrogen and oxygen atoms in total. The Kier molecular flexibility index (Phi) is 3.25. The summed E-state index contributed by atoms with van der Waals surface area (Å²) in [6, 6.07) is 12.6. The highest BCUT2D eigenvalue weighted by atomic mass is 14.7. The van der Waals surface area contributed by atoms with E-state index in [1.807, 2.05) is 18.2 Å². The molecule has 0 amide bonds. The molecule has 1 aliphatic carbocycles. The molecule has 0 spiro atoms. The van der Waals surface area contributed by atoms with Crippen LogP contribution in [0.5, 0.6) is 0 Å². The molecule has 1 aliphatic rings. The Labute approximate surface area is 149 Å². The fourth-order valence-electron chi connectivity index (χ4n) is 4.97. The molecule has 2 aromatic carbocycles. The summed E-state index contributed by atoms with van der Waals surface area (Å²) < 4.78 is 0. The van der Waals surface area contributed by atoms with Crippen molar-refractivity contribution < 1.29 is 0 Å². The summed E-state index contributed by atoms with van der Waals surface area (Å²) in [5, 5.41) is 12.9. The number of nitrogens with zero attached hydrogens (tertiary/aromatic N) is 2. The maximum atomic E-state index is 9.70. The molecule has 0 saturated carbocycles. The molecule has 1 atom stereocenters. The number of aromatic nitrogens is 1. The van der Waals surface area contributed by atoms with Crippen LogP contribution in [0.1, 0.15) is 63.6 Å². The van der Waals surface area contributed by atoms with Crippen molar-refractivity contribution in [3.8, 4) is 6.07 Å². The summed E-state index contributed by atoms with van der Waals surface area (Å²) in [7, 11) is 0. The maximum absolute atomic E-state index is 9.70. The summed E-state index contributed by atoms with van der Waals surface area (Å²) in [5.41, 5.74) is 4.69. The molecule has 0 fully saturated rings. The van der Waals surface area contributed by atoms with E-state index >= 15 is 0 Å². The smallest absolute Gasteiger partial charge is 0.0998 e. The van der Waals surface area contributed by atoms with Crippen molar-refractivity contribution >= 4 is 21.7 Å². The lowest BCUT2D eigenvalue weighted by Gasteiger charge is -2.39. The van der Waals surface area contributed by atoms with Gasteiger partial charge in [-0.3, -0.25) is 4.98 Å². The van der Waals surface area contributed by atoms with E-state index in [4.69, 9.17) is 4.98 Å². The van der Waals surface area contributed by atoms with E-state index in [-0.39, 0.29) is 10.8 Å². The van der Waals surface area contributed by atoms with Crippen LogP contribution < -0.4 is 0 Å². The van der Waals surface area contributed by atoms with E-state index in [1.54, 1.807) is 0 Å². The highest BCUT2D eigenvalue weighted by Gasteiger charge is 2.52. The third-order valence-corrected chi connectivity index (χ3v) is 6.92. The zero-order valence-electron chi connectivity index (χ0n) is 15.6. The maximum Gasteiger partial charge on any atom is 0.0998 e. The Hall–Kier alpha value is -2.40. The molecule has 0 saturated heterocycles. The molecular formula is C23H24N2. The fraction of sp³-hybridized carbons (Fsp3) is 0.391. The van der Waals surface area contributed by atoms with E-state index < -0.39 is 0 Å². The van der Waals surface area contributed by atoms with Crippen LogP contribution in [0.15, 0.2) is 36.5 Å². The fourth-order valence-corrected chi connectivity index (χ4v) is 4.97. The highest BCUT2D eigenvalue weighted by molar-refractivity contribution is 6.09. The van der Waals surface area contributed by atoms with Gasteiger partial charge in [0.05, 0.1) is 17.1 Å². The minimum absolute atomic E-state index is 0.0272. The van der Waals surface area contributed by atoms with Crippen LogP contribution in [0.4, 0.5) is 0 Å². The first-order valence-electron chi connectivity index (χ1n) is 9.09. The predicted molar refractivity (Wildman–Crippen MR) is 104 cm³/mol. The summed E-state index contributed by atoms with van der Waals surface area (Å²) in [6.45, 7) is 11.7. The van der Waals surface area contributed by atoms with Crippen molar-refractivity contribution in [2.45, 2.75) is 52.4 Å². The third-order valence-electron chi connectivity index (χ3n) is 6.92. The van der Waals surface area contributed by atoms with Gasteiger partial charge in [-0.15, -0.1) is 0 Å². The molecule has 0 N–H and O–H groups in total. The third kappa shape index (κ3) is 1.87. The van der Waals surface area contributed by atoms with Gasteiger partial charge in [0, 0.05) is 22.4 Å². The molecule has 1 unspecified atom stereocenters. The number of nitriles is 1. The molecule has 2 heteroatoms. The molecule has 0 aliphatic heterocycles. The number of pyridine rings is 1. The first kappa shape index (κ1) is 16.1. The van der Waals surface area contributed by atoms with E-state index in [1.165, 1.54) is 11.1 Å². The van der Waals surface area contributed by atoms with Crippen molar-refractivity contribution in [2.24, 2.45) is 5.41 Å². The Morgan fingerprint density at radius 3 is 2.40 bits per heavy atom. The molecule has 1 heterocycles. The molecule has 0 bridgehead atoms. The van der Waals surface area contributed by atoms with Gasteiger partial charge in [0.2, 0.25) is 0 Å². The average molecular weight is 328 g/mol. The average Bonchev–Trinajstić information content (AvgIpc) is 2.75. The minimum atomic E-state index is 0.0272. The van der Waals surface area contributed by atoms with E-state index in [0.717, 1.165) is 33.7 Å². The van der Waals surface area contributed by atoms with Gasteiger partial charge in [-0.2, -0.15) is 5.26 Å². The van der Waals surface area contributed by atoms with Gasteiger partial charge in [0.25, 0.3) is 0 Å². The minimum Gasteiger partial charge on any atom is -0.255 e. The van der Waals surface area contributed by atoms with E-state index in [0.29, 0.717) is 5.92 Å². The standard InChI is InChI=1S/C23H24N2/c1-6-19-18-13-25-21-16-10-8-7-9-15(16)14(12-24)11-17(21)20(18)23(4,5)22(19,2)3/h7-11,13,19H,6H2,1-5H3. The first-order valence-corrected chi connectivity index (χ1v) is 9.09. The van der Waals surface area contributed by atoms with Crippen LogP contribution in [-0.2, 0) is 5.41 Å². The van der Waals surface area contributed by atoms with Crippen LogP contribution in [0.25, 0.3) is 21.7 Å². The number of fused-ring (bicyclic) bond motifs is 5. The van der Waals surface area contributed by atoms with Crippen molar-refractivity contribution in [2.75, 3.05) is 0 Å². The lowest BCUT2D eigenvalue weighted by Crippen LogP contribution is -2.34. The van der Waals surface area contributed by atoms with E-state index in [2.05, 4.69) is 59.0 Å². The zero-order valence-corrected chi connectivity index (χ0v) is 15.6. The van der Waals surface area contributed by atoms with Crippen molar-refractivity contribution in [3.05, 3.63) is 53.2 Å². The summed E-state index contributed by atoms with van der Waals surface area (Å²) in [4.78, 5) is 4.88. The van der Waals surface area contributed by atoms with Gasteiger partial charge in [-0.05, 0) is 40.4 Å². The van der Waals surface area contributed by atoms with Gasteiger partial charge in [0.1, 0.15) is 0 Å². The van der Waals surface area contributed by atoms with Crippen molar-refractivity contribution in [1.29, 1.82) is 5.26 Å². The Balaban J connectivity index is 2.22. The van der Waals surface area contributed by atoms with Crippen molar-refractivity contribution in [1.82, 2.24) is 4.98 Å². The normalized spacial score (nSPS) is 20.6. The van der Waals surface area contributed by atoms with Gasteiger partial charge >= 0.3 is 0 Å². The molecule has 25 heavy (non-hydrogen) atoms. The first-order chi connectivity index (χ1) is 11.8. The predicted octanol–water partition coefficient (Wildman–Crippen LogP) is 6.07. The van der Waals surface area contributed by atoms with Gasteiger partial charge < -0.3 is 0 Å². The molecule has 0 radical (unpaired) electrons. The van der Waals surface area contributed by atoms with Gasteiger partial charge in [0.15, 0.2) is 0 Å². The van der Waals surface area contributed by atoms with Crippen LogP contribution in [-0.4, -0.2) is 4.98 Å². The number of hydrogen-bond donors (Lipinski definition) is 0. The number of hydrogen-bond acceptors (Lipinski definition) is 2. The quantitative estimate of drug-likeness (QED) is 0.508. The second-order valence-electron chi connectivity index (χ2n) is 8.37. The Morgan fingerprint density at radius 1 is 1.08 bits per heavy atom. The lowest BCUT2D eigenvalue weighted by molar-refractivity contribution is 0.179. The molecular weight excluding hydrogens is 304 g/mol. The largest absolute Gasteiger partial charge is 0.255 e. The van der Waals surface area contributed by atoms with E-state index in [9.17, 15) is 5.26 Å².